The van der Waals surface area contributed by atoms with E-state index in [-0.39, 0.29) is 11.9 Å². The summed E-state index contributed by atoms with van der Waals surface area (Å²) < 4.78 is 0. The molecule has 3 N–H and O–H groups in total. The minimum absolute atomic E-state index is 0.0951. The third-order valence-corrected chi connectivity index (χ3v) is 5.61. The number of nitrogens with one attached hydrogen (secondary N) is 1. The van der Waals surface area contributed by atoms with Crippen LogP contribution in [0.15, 0.2) is 24.4 Å². The van der Waals surface area contributed by atoms with Crippen LogP contribution in [-0.4, -0.2) is 33.5 Å². The molecule has 0 bridgehead atoms. The highest BCUT2D eigenvalue weighted by atomic mass is 16.2. The second kappa shape index (κ2) is 6.94. The Hall–Kier alpha value is -2.63. The number of benzene rings is 1. The van der Waals surface area contributed by atoms with Crippen LogP contribution < -0.4 is 5.73 Å². The SMILES string of the molecule is NC(=O)c1cn[nH]c1C1CCCCN1C(=O)Cc1ccc2c(c1)CCC2. The van der Waals surface area contributed by atoms with Crippen LogP contribution in [0.25, 0.3) is 0 Å². The lowest BCUT2D eigenvalue weighted by atomic mass is 9.95. The standard InChI is InChI=1S/C20H24N4O2/c21-20(26)16-12-22-23-19(16)17-6-1-2-9-24(17)18(25)11-13-7-8-14-4-3-5-15(14)10-13/h7-8,10,12,17H,1-6,9,11H2,(H2,21,26)(H,22,23). The molecule has 1 aromatic carbocycles. The maximum Gasteiger partial charge on any atom is 0.252 e. The molecule has 6 nitrogen and oxygen atoms in total. The monoisotopic (exact) mass is 352 g/mol. The zero-order chi connectivity index (χ0) is 18.1. The Kier molecular flexibility index (Phi) is 4.49. The highest BCUT2D eigenvalue weighted by Gasteiger charge is 2.31. The van der Waals surface area contributed by atoms with Gasteiger partial charge in [0.05, 0.1) is 29.9 Å². The summed E-state index contributed by atoms with van der Waals surface area (Å²) in [6, 6.07) is 6.27. The number of aryl methyl sites for hydroxylation is 2. The van der Waals surface area contributed by atoms with Gasteiger partial charge in [-0.25, -0.2) is 0 Å². The number of carbonyl (C=O) groups excluding carboxylic acids is 2. The molecule has 4 rings (SSSR count). The van der Waals surface area contributed by atoms with E-state index in [4.69, 9.17) is 5.73 Å². The van der Waals surface area contributed by atoms with Gasteiger partial charge in [-0.2, -0.15) is 5.10 Å². The van der Waals surface area contributed by atoms with Gasteiger partial charge >= 0.3 is 0 Å². The summed E-state index contributed by atoms with van der Waals surface area (Å²) in [5, 5.41) is 6.87. The number of fused-ring (bicyclic) bond motifs is 1. The second-order valence-corrected chi connectivity index (χ2v) is 7.29. The maximum atomic E-state index is 13.0. The molecule has 1 fully saturated rings. The zero-order valence-corrected chi connectivity index (χ0v) is 14.8. The van der Waals surface area contributed by atoms with Gasteiger partial charge in [-0.15, -0.1) is 0 Å². The van der Waals surface area contributed by atoms with E-state index >= 15 is 0 Å². The number of nitrogens with zero attached hydrogens (tertiary/aromatic N) is 2. The molecule has 1 unspecified atom stereocenters. The summed E-state index contributed by atoms with van der Waals surface area (Å²) in [6.45, 7) is 0.700. The molecule has 1 aromatic heterocycles. The molecule has 2 heterocycles. The minimum Gasteiger partial charge on any atom is -0.365 e. The molecule has 2 amide bonds. The average Bonchev–Trinajstić information content (AvgIpc) is 3.30. The average molecular weight is 352 g/mol. The van der Waals surface area contributed by atoms with Gasteiger partial charge < -0.3 is 10.6 Å². The smallest absolute Gasteiger partial charge is 0.252 e. The Morgan fingerprint density at radius 2 is 2.04 bits per heavy atom. The first-order valence-electron chi connectivity index (χ1n) is 9.36. The van der Waals surface area contributed by atoms with E-state index in [0.717, 1.165) is 37.7 Å². The lowest BCUT2D eigenvalue weighted by Gasteiger charge is -2.35. The van der Waals surface area contributed by atoms with Crippen molar-refractivity contribution in [1.82, 2.24) is 15.1 Å². The topological polar surface area (TPSA) is 92.1 Å². The van der Waals surface area contributed by atoms with Crippen LogP contribution in [0.2, 0.25) is 0 Å². The Balaban J connectivity index is 1.55. The summed E-state index contributed by atoms with van der Waals surface area (Å²) in [6.07, 6.45) is 8.12. The van der Waals surface area contributed by atoms with E-state index in [1.165, 1.54) is 23.7 Å². The minimum atomic E-state index is -0.509. The first-order chi connectivity index (χ1) is 12.6. The molecule has 1 saturated heterocycles. The predicted molar refractivity (Wildman–Crippen MR) is 97.6 cm³/mol. The van der Waals surface area contributed by atoms with Crippen LogP contribution in [0.3, 0.4) is 0 Å². The third-order valence-electron chi connectivity index (χ3n) is 5.61. The molecule has 0 radical (unpaired) electrons. The molecule has 1 aliphatic heterocycles. The molecule has 0 saturated carbocycles. The fraction of sp³-hybridized carbons (Fsp3) is 0.450. The fourth-order valence-corrected chi connectivity index (χ4v) is 4.29. The molecule has 1 aliphatic carbocycles. The number of piperidine rings is 1. The molecular formula is C20H24N4O2. The number of amides is 2. The lowest BCUT2D eigenvalue weighted by Crippen LogP contribution is -2.40. The van der Waals surface area contributed by atoms with Crippen LogP contribution in [-0.2, 0) is 24.1 Å². The maximum absolute atomic E-state index is 13.0. The fourth-order valence-electron chi connectivity index (χ4n) is 4.29. The molecule has 0 spiro atoms. The highest BCUT2D eigenvalue weighted by molar-refractivity contribution is 5.94. The van der Waals surface area contributed by atoms with E-state index in [2.05, 4.69) is 28.4 Å². The zero-order valence-electron chi connectivity index (χ0n) is 14.8. The van der Waals surface area contributed by atoms with Gasteiger partial charge in [0.1, 0.15) is 0 Å². The van der Waals surface area contributed by atoms with Crippen LogP contribution in [0.4, 0.5) is 0 Å². The number of nitrogens with two attached hydrogens (primary N) is 1. The van der Waals surface area contributed by atoms with Crippen molar-refractivity contribution in [2.24, 2.45) is 5.73 Å². The normalized spacial score (nSPS) is 19.4. The number of likely N-dealkylation sites (tertiary alicyclic amines) is 1. The molecular weight excluding hydrogens is 328 g/mol. The van der Waals surface area contributed by atoms with Crippen molar-refractivity contribution in [3.63, 3.8) is 0 Å². The van der Waals surface area contributed by atoms with Crippen molar-refractivity contribution < 1.29 is 9.59 Å². The van der Waals surface area contributed by atoms with Gasteiger partial charge in [0.15, 0.2) is 0 Å². The van der Waals surface area contributed by atoms with E-state index < -0.39 is 5.91 Å². The second-order valence-electron chi connectivity index (χ2n) is 7.29. The first-order valence-corrected chi connectivity index (χ1v) is 9.36. The molecule has 136 valence electrons. The van der Waals surface area contributed by atoms with E-state index in [9.17, 15) is 9.59 Å². The number of rotatable bonds is 4. The molecule has 2 aromatic rings. The van der Waals surface area contributed by atoms with Crippen LogP contribution in [0.5, 0.6) is 0 Å². The number of aromatic amines is 1. The number of aromatic nitrogens is 2. The van der Waals surface area contributed by atoms with Gasteiger partial charge in [0.25, 0.3) is 5.91 Å². The van der Waals surface area contributed by atoms with Crippen LogP contribution in [0, 0.1) is 0 Å². The molecule has 1 atom stereocenters. The van der Waals surface area contributed by atoms with Crippen LogP contribution >= 0.6 is 0 Å². The largest absolute Gasteiger partial charge is 0.365 e. The van der Waals surface area contributed by atoms with Crippen molar-refractivity contribution in [2.75, 3.05) is 6.54 Å². The summed E-state index contributed by atoms with van der Waals surface area (Å²) in [5.74, 6) is -0.414. The Bertz CT molecular complexity index is 842. The Labute approximate surface area is 152 Å². The molecule has 26 heavy (non-hydrogen) atoms. The van der Waals surface area contributed by atoms with Crippen molar-refractivity contribution in [2.45, 2.75) is 51.0 Å². The van der Waals surface area contributed by atoms with Crippen molar-refractivity contribution >= 4 is 11.8 Å². The van der Waals surface area contributed by atoms with Crippen molar-refractivity contribution in [3.8, 4) is 0 Å². The number of H-pyrrole nitrogens is 1. The summed E-state index contributed by atoms with van der Waals surface area (Å²) in [7, 11) is 0. The number of hydrogen-bond acceptors (Lipinski definition) is 3. The number of carbonyl (C=O) groups is 2. The van der Waals surface area contributed by atoms with Crippen molar-refractivity contribution in [1.29, 1.82) is 0 Å². The predicted octanol–water partition coefficient (Wildman–Crippen LogP) is 2.29. The first kappa shape index (κ1) is 16.8. The van der Waals surface area contributed by atoms with Gasteiger partial charge in [-0.3, -0.25) is 14.7 Å². The Morgan fingerprint density at radius 1 is 1.19 bits per heavy atom. The van der Waals surface area contributed by atoms with E-state index in [1.807, 2.05) is 4.90 Å². The summed E-state index contributed by atoms with van der Waals surface area (Å²) in [5.41, 5.74) is 10.4. The number of hydrogen-bond donors (Lipinski definition) is 2. The third kappa shape index (κ3) is 3.11. The van der Waals surface area contributed by atoms with E-state index in [0.29, 0.717) is 24.2 Å². The van der Waals surface area contributed by atoms with Gasteiger partial charge in [0.2, 0.25) is 5.91 Å². The Morgan fingerprint density at radius 3 is 2.88 bits per heavy atom. The van der Waals surface area contributed by atoms with Gasteiger partial charge in [0, 0.05) is 6.54 Å². The van der Waals surface area contributed by atoms with Crippen LogP contribution in [0.1, 0.15) is 64.5 Å². The summed E-state index contributed by atoms with van der Waals surface area (Å²) in [4.78, 5) is 26.6. The van der Waals surface area contributed by atoms with Gasteiger partial charge in [-0.05, 0) is 55.2 Å². The van der Waals surface area contributed by atoms with Gasteiger partial charge in [-0.1, -0.05) is 18.2 Å². The van der Waals surface area contributed by atoms with Crippen molar-refractivity contribution in [3.05, 3.63) is 52.3 Å². The summed E-state index contributed by atoms with van der Waals surface area (Å²) >= 11 is 0. The molecule has 6 heteroatoms. The van der Waals surface area contributed by atoms with E-state index in [1.54, 1.807) is 0 Å². The molecule has 2 aliphatic rings. The lowest BCUT2D eigenvalue weighted by molar-refractivity contribution is -0.134. The quantitative estimate of drug-likeness (QED) is 0.884. The number of primary amides is 1. The highest BCUT2D eigenvalue weighted by Crippen LogP contribution is 2.32.